The van der Waals surface area contributed by atoms with Crippen molar-refractivity contribution in [1.82, 2.24) is 0 Å². The van der Waals surface area contributed by atoms with Crippen LogP contribution in [0.4, 0.5) is 5.69 Å². The van der Waals surface area contributed by atoms with Crippen molar-refractivity contribution < 1.29 is 13.2 Å². The molecule has 0 unspecified atom stereocenters. The number of aryl methyl sites for hydroxylation is 2. The van der Waals surface area contributed by atoms with Crippen molar-refractivity contribution in [1.29, 1.82) is 0 Å². The molecule has 0 atom stereocenters. The molecule has 0 saturated heterocycles. The van der Waals surface area contributed by atoms with Crippen LogP contribution in [0.25, 0.3) is 0 Å². The molecule has 0 radical (unpaired) electrons. The Hall–Kier alpha value is -2.14. The van der Waals surface area contributed by atoms with Gasteiger partial charge < -0.3 is 5.32 Å². The summed E-state index contributed by atoms with van der Waals surface area (Å²) in [5, 5.41) is 2.78. The number of rotatable bonds is 5. The summed E-state index contributed by atoms with van der Waals surface area (Å²) in [6.45, 7) is 2.02. The zero-order chi connectivity index (χ0) is 16.2. The first-order chi connectivity index (χ1) is 10.4. The SMILES string of the molecule is Cc1ccccc1CCC(=O)Nc1ccc(S(C)(=O)=O)cc1. The van der Waals surface area contributed by atoms with Crippen molar-refractivity contribution in [2.75, 3.05) is 11.6 Å². The predicted molar refractivity (Wildman–Crippen MR) is 87.7 cm³/mol. The Bertz CT molecular complexity index is 765. The highest BCUT2D eigenvalue weighted by Gasteiger charge is 2.08. The van der Waals surface area contributed by atoms with E-state index in [1.54, 1.807) is 12.1 Å². The van der Waals surface area contributed by atoms with Gasteiger partial charge in [-0.2, -0.15) is 0 Å². The smallest absolute Gasteiger partial charge is 0.224 e. The largest absolute Gasteiger partial charge is 0.326 e. The summed E-state index contributed by atoms with van der Waals surface area (Å²) in [7, 11) is -3.21. The van der Waals surface area contributed by atoms with Gasteiger partial charge in [-0.3, -0.25) is 4.79 Å². The van der Waals surface area contributed by atoms with Gasteiger partial charge >= 0.3 is 0 Å². The molecule has 116 valence electrons. The molecular weight excluding hydrogens is 298 g/mol. The maximum absolute atomic E-state index is 11.9. The van der Waals surface area contributed by atoms with Crippen LogP contribution in [0.1, 0.15) is 17.5 Å². The van der Waals surface area contributed by atoms with Crippen molar-refractivity contribution in [3.05, 3.63) is 59.7 Å². The van der Waals surface area contributed by atoms with Gasteiger partial charge in [0.05, 0.1) is 4.90 Å². The first kappa shape index (κ1) is 16.2. The van der Waals surface area contributed by atoms with Crippen molar-refractivity contribution in [3.63, 3.8) is 0 Å². The standard InChI is InChI=1S/C17H19NO3S/c1-13-5-3-4-6-14(13)7-12-17(19)18-15-8-10-16(11-9-15)22(2,20)21/h3-6,8-11H,7,12H2,1-2H3,(H,18,19). The van der Waals surface area contributed by atoms with Crippen LogP contribution >= 0.6 is 0 Å². The lowest BCUT2D eigenvalue weighted by Gasteiger charge is -2.07. The summed E-state index contributed by atoms with van der Waals surface area (Å²) in [6.07, 6.45) is 2.22. The lowest BCUT2D eigenvalue weighted by molar-refractivity contribution is -0.116. The van der Waals surface area contributed by atoms with Gasteiger partial charge in [0, 0.05) is 18.4 Å². The highest BCUT2D eigenvalue weighted by Crippen LogP contribution is 2.15. The minimum Gasteiger partial charge on any atom is -0.326 e. The van der Waals surface area contributed by atoms with Gasteiger partial charge in [-0.25, -0.2) is 8.42 Å². The molecule has 0 spiro atoms. The maximum atomic E-state index is 11.9. The zero-order valence-electron chi connectivity index (χ0n) is 12.7. The Kier molecular flexibility index (Phi) is 4.98. The van der Waals surface area contributed by atoms with Crippen molar-refractivity contribution >= 4 is 21.4 Å². The second kappa shape index (κ2) is 6.75. The van der Waals surface area contributed by atoms with Crippen molar-refractivity contribution in [2.45, 2.75) is 24.7 Å². The third kappa shape index (κ3) is 4.43. The fraction of sp³-hybridized carbons (Fsp3) is 0.235. The van der Waals surface area contributed by atoms with Crippen LogP contribution in [-0.2, 0) is 21.1 Å². The molecule has 4 nitrogen and oxygen atoms in total. The minimum atomic E-state index is -3.21. The Labute approximate surface area is 131 Å². The molecule has 0 fully saturated rings. The van der Waals surface area contributed by atoms with Crippen LogP contribution in [0.5, 0.6) is 0 Å². The molecular formula is C17H19NO3S. The van der Waals surface area contributed by atoms with Gasteiger partial charge in [0.1, 0.15) is 0 Å². The Morgan fingerprint density at radius 1 is 1.05 bits per heavy atom. The molecule has 2 aromatic carbocycles. The van der Waals surface area contributed by atoms with E-state index in [4.69, 9.17) is 0 Å². The van der Waals surface area contributed by atoms with E-state index in [1.165, 1.54) is 17.7 Å². The van der Waals surface area contributed by atoms with E-state index in [0.29, 0.717) is 18.5 Å². The summed E-state index contributed by atoms with van der Waals surface area (Å²) < 4.78 is 22.7. The second-order valence-electron chi connectivity index (χ2n) is 5.27. The zero-order valence-corrected chi connectivity index (χ0v) is 13.5. The van der Waals surface area contributed by atoms with E-state index in [-0.39, 0.29) is 10.8 Å². The second-order valence-corrected chi connectivity index (χ2v) is 7.29. The molecule has 0 saturated carbocycles. The third-order valence-corrected chi connectivity index (χ3v) is 4.58. The maximum Gasteiger partial charge on any atom is 0.224 e. The number of nitrogens with one attached hydrogen (secondary N) is 1. The van der Waals surface area contributed by atoms with Gasteiger partial charge in [-0.05, 0) is 48.7 Å². The molecule has 0 aliphatic carbocycles. The summed E-state index contributed by atoms with van der Waals surface area (Å²) >= 11 is 0. The normalized spacial score (nSPS) is 11.2. The summed E-state index contributed by atoms with van der Waals surface area (Å²) in [5.74, 6) is -0.0876. The fourth-order valence-electron chi connectivity index (χ4n) is 2.15. The molecule has 2 rings (SSSR count). The van der Waals surface area contributed by atoms with E-state index in [9.17, 15) is 13.2 Å². The number of amides is 1. The highest BCUT2D eigenvalue weighted by atomic mass is 32.2. The van der Waals surface area contributed by atoms with Gasteiger partial charge in [0.25, 0.3) is 0 Å². The Morgan fingerprint density at radius 3 is 2.27 bits per heavy atom. The molecule has 0 bridgehead atoms. The fourth-order valence-corrected chi connectivity index (χ4v) is 2.78. The number of sulfone groups is 1. The van der Waals surface area contributed by atoms with Crippen LogP contribution in [0.15, 0.2) is 53.4 Å². The summed E-state index contributed by atoms with van der Waals surface area (Å²) in [5.41, 5.74) is 2.93. The van der Waals surface area contributed by atoms with Crippen LogP contribution in [0.3, 0.4) is 0 Å². The summed E-state index contributed by atoms with van der Waals surface area (Å²) in [4.78, 5) is 12.2. The van der Waals surface area contributed by atoms with Crippen molar-refractivity contribution in [2.24, 2.45) is 0 Å². The van der Waals surface area contributed by atoms with E-state index < -0.39 is 9.84 Å². The van der Waals surface area contributed by atoms with Gasteiger partial charge in [0.2, 0.25) is 5.91 Å². The first-order valence-corrected chi connectivity index (χ1v) is 8.90. The Morgan fingerprint density at radius 2 is 1.68 bits per heavy atom. The molecule has 0 aliphatic rings. The molecule has 0 aromatic heterocycles. The highest BCUT2D eigenvalue weighted by molar-refractivity contribution is 7.90. The topological polar surface area (TPSA) is 63.2 Å². The number of benzene rings is 2. The molecule has 22 heavy (non-hydrogen) atoms. The summed E-state index contributed by atoms with van der Waals surface area (Å²) in [6, 6.07) is 14.2. The molecule has 1 N–H and O–H groups in total. The van der Waals surface area contributed by atoms with Gasteiger partial charge in [-0.15, -0.1) is 0 Å². The van der Waals surface area contributed by atoms with E-state index in [2.05, 4.69) is 5.32 Å². The van der Waals surface area contributed by atoms with Crippen LogP contribution in [0, 0.1) is 6.92 Å². The van der Waals surface area contributed by atoms with Crippen LogP contribution in [0.2, 0.25) is 0 Å². The van der Waals surface area contributed by atoms with Crippen LogP contribution in [-0.4, -0.2) is 20.6 Å². The van der Waals surface area contributed by atoms with E-state index >= 15 is 0 Å². The molecule has 5 heteroatoms. The van der Waals surface area contributed by atoms with E-state index in [1.807, 2.05) is 31.2 Å². The molecule has 2 aromatic rings. The molecule has 0 aliphatic heterocycles. The number of hydrogen-bond acceptors (Lipinski definition) is 3. The van der Waals surface area contributed by atoms with Crippen molar-refractivity contribution in [3.8, 4) is 0 Å². The number of anilines is 1. The molecule has 0 heterocycles. The lowest BCUT2D eigenvalue weighted by Crippen LogP contribution is -2.12. The number of hydrogen-bond donors (Lipinski definition) is 1. The van der Waals surface area contributed by atoms with Crippen LogP contribution < -0.4 is 5.32 Å². The van der Waals surface area contributed by atoms with E-state index in [0.717, 1.165) is 11.8 Å². The average Bonchev–Trinajstić information content (AvgIpc) is 2.46. The quantitative estimate of drug-likeness (QED) is 0.922. The predicted octanol–water partition coefficient (Wildman–Crippen LogP) is 2.97. The Balaban J connectivity index is 1.94. The van der Waals surface area contributed by atoms with Gasteiger partial charge in [-0.1, -0.05) is 24.3 Å². The molecule has 1 amide bonds. The number of carbonyl (C=O) groups is 1. The first-order valence-electron chi connectivity index (χ1n) is 7.01. The average molecular weight is 317 g/mol. The minimum absolute atomic E-state index is 0.0876. The third-order valence-electron chi connectivity index (χ3n) is 3.45. The van der Waals surface area contributed by atoms with Gasteiger partial charge in [0.15, 0.2) is 9.84 Å². The lowest BCUT2D eigenvalue weighted by atomic mass is 10.0. The monoisotopic (exact) mass is 317 g/mol. The number of carbonyl (C=O) groups excluding carboxylic acids is 1.